The third kappa shape index (κ3) is 5.83. The molecule has 4 heteroatoms. The van der Waals surface area contributed by atoms with E-state index in [0.717, 1.165) is 32.6 Å². The highest BCUT2D eigenvalue weighted by molar-refractivity contribution is 5.78. The van der Waals surface area contributed by atoms with E-state index < -0.39 is 0 Å². The van der Waals surface area contributed by atoms with E-state index >= 15 is 0 Å². The molecule has 1 amide bonds. The Bertz CT molecular complexity index is 255. The normalized spacial score (nSPS) is 19.6. The Balaban J connectivity index is 2.13. The van der Waals surface area contributed by atoms with E-state index in [1.54, 1.807) is 0 Å². The minimum absolute atomic E-state index is 0.100. The lowest BCUT2D eigenvalue weighted by atomic mass is 9.82. The lowest BCUT2D eigenvalue weighted by Crippen LogP contribution is -2.44. The Morgan fingerprint density at radius 2 is 1.94 bits per heavy atom. The number of rotatable bonds is 5. The second-order valence-corrected chi connectivity index (χ2v) is 6.35. The zero-order valence-electron chi connectivity index (χ0n) is 12.2. The van der Waals surface area contributed by atoms with Crippen LogP contribution in [-0.2, 0) is 9.53 Å². The molecule has 1 atom stereocenters. The van der Waals surface area contributed by atoms with Crippen LogP contribution in [0.2, 0.25) is 0 Å². The van der Waals surface area contributed by atoms with E-state index in [1.807, 2.05) is 0 Å². The van der Waals surface area contributed by atoms with Crippen molar-refractivity contribution in [2.45, 2.75) is 46.6 Å². The number of carbonyl (C=O) groups excluding carboxylic acids is 1. The Hall–Kier alpha value is -0.610. The average molecular weight is 256 g/mol. The quantitative estimate of drug-likeness (QED) is 0.785. The van der Waals surface area contributed by atoms with Crippen LogP contribution in [0.3, 0.4) is 0 Å². The summed E-state index contributed by atoms with van der Waals surface area (Å²) in [6.07, 6.45) is 1.87. The van der Waals surface area contributed by atoms with Crippen molar-refractivity contribution in [2.75, 3.05) is 26.3 Å². The minimum Gasteiger partial charge on any atom is -0.381 e. The number of ether oxygens (including phenoxy) is 1. The van der Waals surface area contributed by atoms with Crippen LogP contribution in [0.5, 0.6) is 0 Å². The SMILES string of the molecule is CC(CNCC(=O)NC1CCOCC1)C(C)(C)C. The highest BCUT2D eigenvalue weighted by atomic mass is 16.5. The van der Waals surface area contributed by atoms with Crippen molar-refractivity contribution in [3.8, 4) is 0 Å². The van der Waals surface area contributed by atoms with E-state index in [9.17, 15) is 4.79 Å². The van der Waals surface area contributed by atoms with Gasteiger partial charge in [-0.3, -0.25) is 4.79 Å². The van der Waals surface area contributed by atoms with Gasteiger partial charge >= 0.3 is 0 Å². The first-order valence-electron chi connectivity index (χ1n) is 6.97. The van der Waals surface area contributed by atoms with Crippen LogP contribution in [0.15, 0.2) is 0 Å². The minimum atomic E-state index is 0.100. The summed E-state index contributed by atoms with van der Waals surface area (Å²) < 4.78 is 5.26. The Labute approximate surface area is 111 Å². The molecule has 1 heterocycles. The van der Waals surface area contributed by atoms with Gasteiger partial charge in [-0.2, -0.15) is 0 Å². The third-order valence-corrected chi connectivity index (χ3v) is 3.80. The molecule has 1 fully saturated rings. The zero-order valence-corrected chi connectivity index (χ0v) is 12.2. The summed E-state index contributed by atoms with van der Waals surface area (Å²) in [5.74, 6) is 0.649. The molecule has 0 bridgehead atoms. The van der Waals surface area contributed by atoms with Crippen molar-refractivity contribution in [3.05, 3.63) is 0 Å². The fraction of sp³-hybridized carbons (Fsp3) is 0.929. The average Bonchev–Trinajstić information content (AvgIpc) is 2.28. The zero-order chi connectivity index (χ0) is 13.6. The maximum Gasteiger partial charge on any atom is 0.234 e. The molecule has 1 rings (SSSR count). The molecular formula is C14H28N2O2. The lowest BCUT2D eigenvalue weighted by molar-refractivity contribution is -0.121. The number of hydrogen-bond acceptors (Lipinski definition) is 3. The van der Waals surface area contributed by atoms with Gasteiger partial charge in [0.25, 0.3) is 0 Å². The van der Waals surface area contributed by atoms with E-state index in [-0.39, 0.29) is 11.3 Å². The first kappa shape index (κ1) is 15.4. The molecule has 0 aromatic carbocycles. The number of nitrogens with one attached hydrogen (secondary N) is 2. The van der Waals surface area contributed by atoms with Gasteiger partial charge in [0.1, 0.15) is 0 Å². The predicted molar refractivity (Wildman–Crippen MR) is 73.5 cm³/mol. The molecule has 0 saturated carbocycles. The van der Waals surface area contributed by atoms with Gasteiger partial charge in [-0.1, -0.05) is 27.7 Å². The summed E-state index contributed by atoms with van der Waals surface area (Å²) in [5.41, 5.74) is 0.282. The van der Waals surface area contributed by atoms with E-state index in [1.165, 1.54) is 0 Å². The molecule has 1 aliphatic rings. The summed E-state index contributed by atoms with van der Waals surface area (Å²) in [6.45, 7) is 11.7. The van der Waals surface area contributed by atoms with Crippen molar-refractivity contribution < 1.29 is 9.53 Å². The van der Waals surface area contributed by atoms with Crippen molar-refractivity contribution in [2.24, 2.45) is 11.3 Å². The van der Waals surface area contributed by atoms with Gasteiger partial charge < -0.3 is 15.4 Å². The smallest absolute Gasteiger partial charge is 0.234 e. The molecule has 0 spiro atoms. The number of amides is 1. The first-order chi connectivity index (χ1) is 8.39. The van der Waals surface area contributed by atoms with Crippen molar-refractivity contribution >= 4 is 5.91 Å². The monoisotopic (exact) mass is 256 g/mol. The Kier molecular flexibility index (Phi) is 6.09. The Morgan fingerprint density at radius 3 is 2.50 bits per heavy atom. The van der Waals surface area contributed by atoms with Gasteiger partial charge in [-0.25, -0.2) is 0 Å². The van der Waals surface area contributed by atoms with Gasteiger partial charge in [0.2, 0.25) is 5.91 Å². The van der Waals surface area contributed by atoms with E-state index in [4.69, 9.17) is 4.74 Å². The topological polar surface area (TPSA) is 50.4 Å². The second kappa shape index (κ2) is 7.10. The molecule has 0 aromatic heterocycles. The lowest BCUT2D eigenvalue weighted by Gasteiger charge is -2.27. The summed E-state index contributed by atoms with van der Waals surface area (Å²) in [6, 6.07) is 0.299. The molecule has 4 nitrogen and oxygen atoms in total. The summed E-state index contributed by atoms with van der Waals surface area (Å²) in [5, 5.41) is 6.29. The van der Waals surface area contributed by atoms with Crippen molar-refractivity contribution in [1.29, 1.82) is 0 Å². The van der Waals surface area contributed by atoms with Crippen molar-refractivity contribution in [1.82, 2.24) is 10.6 Å². The van der Waals surface area contributed by atoms with Gasteiger partial charge in [0.05, 0.1) is 6.54 Å². The van der Waals surface area contributed by atoms with Gasteiger partial charge in [0.15, 0.2) is 0 Å². The fourth-order valence-corrected chi connectivity index (χ4v) is 1.83. The molecule has 18 heavy (non-hydrogen) atoms. The van der Waals surface area contributed by atoms with Crippen LogP contribution >= 0.6 is 0 Å². The van der Waals surface area contributed by atoms with Crippen LogP contribution in [0.25, 0.3) is 0 Å². The molecule has 0 aromatic rings. The molecule has 2 N–H and O–H groups in total. The molecule has 106 valence electrons. The molecule has 0 aliphatic carbocycles. The van der Waals surface area contributed by atoms with Crippen LogP contribution < -0.4 is 10.6 Å². The van der Waals surface area contributed by atoms with Gasteiger partial charge in [-0.05, 0) is 30.7 Å². The molecule has 1 saturated heterocycles. The van der Waals surface area contributed by atoms with Gasteiger partial charge in [-0.15, -0.1) is 0 Å². The molecule has 1 aliphatic heterocycles. The van der Waals surface area contributed by atoms with Crippen LogP contribution in [0, 0.1) is 11.3 Å². The van der Waals surface area contributed by atoms with Crippen LogP contribution in [-0.4, -0.2) is 38.3 Å². The predicted octanol–water partition coefficient (Wildman–Crippen LogP) is 1.55. The standard InChI is InChI=1S/C14H28N2O2/c1-11(14(2,3)4)9-15-10-13(17)16-12-5-7-18-8-6-12/h11-12,15H,5-10H2,1-4H3,(H,16,17). The highest BCUT2D eigenvalue weighted by Crippen LogP contribution is 2.24. The first-order valence-corrected chi connectivity index (χ1v) is 6.97. The van der Waals surface area contributed by atoms with Crippen LogP contribution in [0.4, 0.5) is 0 Å². The van der Waals surface area contributed by atoms with Crippen LogP contribution in [0.1, 0.15) is 40.5 Å². The van der Waals surface area contributed by atoms with E-state index in [2.05, 4.69) is 38.3 Å². The second-order valence-electron chi connectivity index (χ2n) is 6.35. The van der Waals surface area contributed by atoms with Crippen molar-refractivity contribution in [3.63, 3.8) is 0 Å². The van der Waals surface area contributed by atoms with Gasteiger partial charge in [0, 0.05) is 19.3 Å². The summed E-state index contributed by atoms with van der Waals surface area (Å²) >= 11 is 0. The third-order valence-electron chi connectivity index (χ3n) is 3.80. The Morgan fingerprint density at radius 1 is 1.33 bits per heavy atom. The molecular weight excluding hydrogens is 228 g/mol. The number of hydrogen-bond donors (Lipinski definition) is 2. The maximum atomic E-state index is 11.7. The maximum absolute atomic E-state index is 11.7. The number of carbonyl (C=O) groups is 1. The van der Waals surface area contributed by atoms with E-state index in [0.29, 0.717) is 18.5 Å². The summed E-state index contributed by atoms with van der Waals surface area (Å²) in [4.78, 5) is 11.7. The largest absolute Gasteiger partial charge is 0.381 e. The molecule has 0 radical (unpaired) electrons. The highest BCUT2D eigenvalue weighted by Gasteiger charge is 2.20. The fourth-order valence-electron chi connectivity index (χ4n) is 1.83. The summed E-state index contributed by atoms with van der Waals surface area (Å²) in [7, 11) is 0. The molecule has 1 unspecified atom stereocenters.